The molecule has 2 aromatic rings. The summed E-state index contributed by atoms with van der Waals surface area (Å²) >= 11 is 1.34. The maximum atomic E-state index is 12.0. The van der Waals surface area contributed by atoms with E-state index in [4.69, 9.17) is 0 Å². The van der Waals surface area contributed by atoms with Gasteiger partial charge in [-0.15, -0.1) is 35.3 Å². The highest BCUT2D eigenvalue weighted by Crippen LogP contribution is 2.10. The maximum absolute atomic E-state index is 12.0. The summed E-state index contributed by atoms with van der Waals surface area (Å²) in [7, 11) is 1.83. The number of hydrogen-bond donors (Lipinski definition) is 3. The number of halogens is 1. The molecule has 11 heteroatoms. The van der Waals surface area contributed by atoms with Crippen molar-refractivity contribution < 1.29 is 4.79 Å². The minimum absolute atomic E-state index is 0. The first-order chi connectivity index (χ1) is 11.6. The monoisotopic (exact) mass is 478 g/mol. The number of aliphatic imine (C=N–C) groups is 1. The summed E-state index contributed by atoms with van der Waals surface area (Å²) in [6, 6.07) is 0. The number of aromatic nitrogens is 4. The minimum atomic E-state index is -0.0992. The van der Waals surface area contributed by atoms with Gasteiger partial charge in [-0.25, -0.2) is 15.0 Å². The van der Waals surface area contributed by atoms with E-state index in [1.165, 1.54) is 17.7 Å². The lowest BCUT2D eigenvalue weighted by Crippen LogP contribution is -2.41. The van der Waals surface area contributed by atoms with Crippen LogP contribution in [0.1, 0.15) is 28.1 Å². The Kier molecular flexibility index (Phi) is 9.34. The Hall–Kier alpha value is -1.76. The largest absolute Gasteiger partial charge is 0.357 e. The van der Waals surface area contributed by atoms with Gasteiger partial charge in [0.15, 0.2) is 5.96 Å². The van der Waals surface area contributed by atoms with Crippen molar-refractivity contribution in [3.8, 4) is 0 Å². The van der Waals surface area contributed by atoms with Gasteiger partial charge in [0.1, 0.15) is 23.6 Å². The zero-order valence-corrected chi connectivity index (χ0v) is 17.6. The number of amides is 1. The molecule has 0 saturated carbocycles. The summed E-state index contributed by atoms with van der Waals surface area (Å²) in [5.41, 5.74) is 2.43. The summed E-state index contributed by atoms with van der Waals surface area (Å²) in [6.45, 7) is 6.05. The molecular formula is C14H23IN8OS. The number of nitrogens with one attached hydrogen (secondary N) is 3. The van der Waals surface area contributed by atoms with Crippen molar-refractivity contribution in [3.05, 3.63) is 28.2 Å². The second-order valence-corrected chi connectivity index (χ2v) is 5.80. The van der Waals surface area contributed by atoms with Gasteiger partial charge in [-0.05, 0) is 13.8 Å². The molecule has 0 atom stereocenters. The third kappa shape index (κ3) is 6.57. The van der Waals surface area contributed by atoms with Crippen LogP contribution in [0.3, 0.4) is 0 Å². The van der Waals surface area contributed by atoms with Crippen LogP contribution in [0.15, 0.2) is 16.8 Å². The average molecular weight is 478 g/mol. The van der Waals surface area contributed by atoms with E-state index in [1.807, 2.05) is 20.9 Å². The number of hydrogen-bond acceptors (Lipinski definition) is 6. The summed E-state index contributed by atoms with van der Waals surface area (Å²) in [5.74, 6) is 1.35. The fraction of sp³-hybridized carbons (Fsp3) is 0.500. The van der Waals surface area contributed by atoms with Gasteiger partial charge in [0.25, 0.3) is 5.91 Å². The molecule has 0 unspecified atom stereocenters. The summed E-state index contributed by atoms with van der Waals surface area (Å²) in [4.78, 5) is 25.3. The SMILES string of the molecule is CCNC(=NCc1ncnn1C)NCCNC(=O)c1scnc1C.I. The molecule has 3 N–H and O–H groups in total. The molecule has 2 aromatic heterocycles. The van der Waals surface area contributed by atoms with Gasteiger partial charge in [-0.1, -0.05) is 0 Å². The highest BCUT2D eigenvalue weighted by atomic mass is 127. The summed E-state index contributed by atoms with van der Waals surface area (Å²) in [6.07, 6.45) is 1.50. The lowest BCUT2D eigenvalue weighted by molar-refractivity contribution is 0.0957. The second kappa shape index (κ2) is 11.0. The van der Waals surface area contributed by atoms with E-state index in [-0.39, 0.29) is 29.9 Å². The van der Waals surface area contributed by atoms with E-state index in [0.29, 0.717) is 30.5 Å². The van der Waals surface area contributed by atoms with E-state index < -0.39 is 0 Å². The standard InChI is InChI=1S/C14H22N8OS.HI/c1-4-15-14(18-7-11-19-8-21-22(11)3)17-6-5-16-13(23)12-10(2)20-9-24-12;/h8-9H,4-7H2,1-3H3,(H,16,23)(H2,15,17,18);1H. The third-order valence-corrected chi connectivity index (χ3v) is 4.11. The Labute approximate surface area is 167 Å². The van der Waals surface area contributed by atoms with Crippen molar-refractivity contribution in [1.82, 2.24) is 35.7 Å². The lowest BCUT2D eigenvalue weighted by atomic mass is 10.4. The predicted molar refractivity (Wildman–Crippen MR) is 108 cm³/mol. The van der Waals surface area contributed by atoms with Crippen molar-refractivity contribution in [1.29, 1.82) is 0 Å². The molecule has 0 saturated heterocycles. The Morgan fingerprint density at radius 1 is 1.28 bits per heavy atom. The number of aryl methyl sites for hydroxylation is 2. The Bertz CT molecular complexity index is 699. The van der Waals surface area contributed by atoms with Gasteiger partial charge in [0, 0.05) is 26.7 Å². The van der Waals surface area contributed by atoms with Crippen LogP contribution in [0.5, 0.6) is 0 Å². The Balaban J connectivity index is 0.00000312. The van der Waals surface area contributed by atoms with Crippen LogP contribution >= 0.6 is 35.3 Å². The maximum Gasteiger partial charge on any atom is 0.263 e. The molecular weight excluding hydrogens is 455 g/mol. The van der Waals surface area contributed by atoms with Crippen molar-refractivity contribution >= 4 is 47.2 Å². The number of carbonyl (C=O) groups is 1. The summed E-state index contributed by atoms with van der Waals surface area (Å²) < 4.78 is 1.69. The first-order valence-electron chi connectivity index (χ1n) is 7.65. The first kappa shape index (κ1) is 21.3. The molecule has 0 fully saturated rings. The van der Waals surface area contributed by atoms with Crippen LogP contribution in [0.25, 0.3) is 0 Å². The molecule has 2 heterocycles. The molecule has 0 spiro atoms. The number of rotatable bonds is 7. The zero-order chi connectivity index (χ0) is 17.4. The van der Waals surface area contributed by atoms with Crippen LogP contribution in [0.2, 0.25) is 0 Å². The quantitative estimate of drug-likeness (QED) is 0.234. The zero-order valence-electron chi connectivity index (χ0n) is 14.4. The van der Waals surface area contributed by atoms with Crippen molar-refractivity contribution in [2.75, 3.05) is 19.6 Å². The van der Waals surface area contributed by atoms with Gasteiger partial charge in [-0.2, -0.15) is 5.10 Å². The van der Waals surface area contributed by atoms with Crippen LogP contribution in [-0.4, -0.2) is 51.2 Å². The molecule has 0 bridgehead atoms. The average Bonchev–Trinajstić information content (AvgIpc) is 3.17. The Morgan fingerprint density at radius 2 is 2.04 bits per heavy atom. The molecule has 1 amide bonds. The molecule has 2 rings (SSSR count). The van der Waals surface area contributed by atoms with Crippen LogP contribution < -0.4 is 16.0 Å². The van der Waals surface area contributed by atoms with Crippen LogP contribution in [-0.2, 0) is 13.6 Å². The topological polar surface area (TPSA) is 109 Å². The molecule has 0 aromatic carbocycles. The molecule has 0 aliphatic rings. The van der Waals surface area contributed by atoms with E-state index in [0.717, 1.165) is 18.1 Å². The van der Waals surface area contributed by atoms with Crippen molar-refractivity contribution in [2.45, 2.75) is 20.4 Å². The van der Waals surface area contributed by atoms with E-state index in [1.54, 1.807) is 10.2 Å². The highest BCUT2D eigenvalue weighted by molar-refractivity contribution is 14.0. The second-order valence-electron chi connectivity index (χ2n) is 4.94. The van der Waals surface area contributed by atoms with Gasteiger partial charge in [-0.3, -0.25) is 9.48 Å². The minimum Gasteiger partial charge on any atom is -0.357 e. The Morgan fingerprint density at radius 3 is 2.64 bits per heavy atom. The lowest BCUT2D eigenvalue weighted by Gasteiger charge is -2.11. The molecule has 138 valence electrons. The van der Waals surface area contributed by atoms with Crippen molar-refractivity contribution in [3.63, 3.8) is 0 Å². The van der Waals surface area contributed by atoms with Gasteiger partial charge >= 0.3 is 0 Å². The van der Waals surface area contributed by atoms with Gasteiger partial charge in [0.05, 0.1) is 11.2 Å². The number of thiazole rings is 1. The van der Waals surface area contributed by atoms with Gasteiger partial charge < -0.3 is 16.0 Å². The predicted octanol–water partition coefficient (Wildman–Crippen LogP) is 0.683. The number of guanidine groups is 1. The molecule has 9 nitrogen and oxygen atoms in total. The van der Waals surface area contributed by atoms with E-state index in [2.05, 4.69) is 36.0 Å². The number of carbonyl (C=O) groups excluding carboxylic acids is 1. The van der Waals surface area contributed by atoms with Crippen molar-refractivity contribution in [2.24, 2.45) is 12.0 Å². The number of nitrogens with zero attached hydrogens (tertiary/aromatic N) is 5. The molecule has 0 aliphatic heterocycles. The normalized spacial score (nSPS) is 10.9. The molecule has 0 aliphatic carbocycles. The molecule has 0 radical (unpaired) electrons. The first-order valence-corrected chi connectivity index (χ1v) is 8.53. The fourth-order valence-electron chi connectivity index (χ4n) is 1.91. The third-order valence-electron chi connectivity index (χ3n) is 3.18. The van der Waals surface area contributed by atoms with Crippen LogP contribution in [0.4, 0.5) is 0 Å². The van der Waals surface area contributed by atoms with E-state index in [9.17, 15) is 4.79 Å². The van der Waals surface area contributed by atoms with Gasteiger partial charge in [0.2, 0.25) is 0 Å². The smallest absolute Gasteiger partial charge is 0.263 e. The van der Waals surface area contributed by atoms with Crippen LogP contribution in [0, 0.1) is 6.92 Å². The summed E-state index contributed by atoms with van der Waals surface area (Å²) in [5, 5.41) is 13.2. The fourth-order valence-corrected chi connectivity index (χ4v) is 2.63. The molecule has 25 heavy (non-hydrogen) atoms. The highest BCUT2D eigenvalue weighted by Gasteiger charge is 2.10. The van der Waals surface area contributed by atoms with E-state index >= 15 is 0 Å².